The van der Waals surface area contributed by atoms with Crippen LogP contribution in [0.4, 0.5) is 0 Å². The van der Waals surface area contributed by atoms with Crippen molar-refractivity contribution < 1.29 is 4.74 Å². The molecule has 0 N–H and O–H groups in total. The third-order valence-corrected chi connectivity index (χ3v) is 5.63. The SMILES string of the molecule is COc1c(-c2ccc(Cl)cc2)c(-c2ccc(Cl)cc2)nc2c1cnn2-c1ccccc1. The summed E-state index contributed by atoms with van der Waals surface area (Å²) in [7, 11) is 1.67. The van der Waals surface area contributed by atoms with E-state index in [4.69, 9.17) is 32.9 Å². The van der Waals surface area contributed by atoms with E-state index in [0.29, 0.717) is 21.4 Å². The first kappa shape index (κ1) is 19.6. The molecule has 2 aromatic heterocycles. The van der Waals surface area contributed by atoms with Crippen molar-refractivity contribution in [3.05, 3.63) is 95.1 Å². The summed E-state index contributed by atoms with van der Waals surface area (Å²) < 4.78 is 7.75. The summed E-state index contributed by atoms with van der Waals surface area (Å²) in [4.78, 5) is 5.06. The Bertz CT molecular complexity index is 1360. The van der Waals surface area contributed by atoms with E-state index in [-0.39, 0.29) is 0 Å². The number of para-hydroxylation sites is 1. The standard InChI is InChI=1S/C25H17Cl2N3O/c1-31-24-21-15-28-30(20-5-3-2-4-6-20)25(21)29-23(17-9-13-19(27)14-10-17)22(24)16-7-11-18(26)12-8-16/h2-15H,1H3. The first-order chi connectivity index (χ1) is 15.2. The van der Waals surface area contributed by atoms with Gasteiger partial charge in [0.1, 0.15) is 5.75 Å². The number of hydrogen-bond donors (Lipinski definition) is 0. The summed E-state index contributed by atoms with van der Waals surface area (Å²) in [5.41, 5.74) is 5.17. The number of methoxy groups -OCH3 is 1. The fourth-order valence-corrected chi connectivity index (χ4v) is 3.94. The molecule has 152 valence electrons. The predicted octanol–water partition coefficient (Wildman–Crippen LogP) is 7.07. The molecule has 0 bridgehead atoms. The van der Waals surface area contributed by atoms with Crippen LogP contribution < -0.4 is 4.74 Å². The Hall–Kier alpha value is -3.34. The molecule has 0 spiro atoms. The molecule has 5 aromatic rings. The van der Waals surface area contributed by atoms with Crippen molar-refractivity contribution in [3.8, 4) is 33.8 Å². The summed E-state index contributed by atoms with van der Waals surface area (Å²) >= 11 is 12.3. The smallest absolute Gasteiger partial charge is 0.167 e. The molecule has 0 unspecified atom stereocenters. The summed E-state index contributed by atoms with van der Waals surface area (Å²) in [5.74, 6) is 0.708. The third kappa shape index (κ3) is 3.54. The maximum Gasteiger partial charge on any atom is 0.167 e. The molecular weight excluding hydrogens is 429 g/mol. The molecule has 0 aliphatic heterocycles. The molecule has 31 heavy (non-hydrogen) atoms. The van der Waals surface area contributed by atoms with E-state index in [0.717, 1.165) is 33.5 Å². The van der Waals surface area contributed by atoms with E-state index >= 15 is 0 Å². The second-order valence-corrected chi connectivity index (χ2v) is 7.88. The van der Waals surface area contributed by atoms with Crippen LogP contribution >= 0.6 is 23.2 Å². The highest BCUT2D eigenvalue weighted by Crippen LogP contribution is 2.43. The minimum Gasteiger partial charge on any atom is -0.495 e. The van der Waals surface area contributed by atoms with Gasteiger partial charge in [-0.25, -0.2) is 9.67 Å². The predicted molar refractivity (Wildman–Crippen MR) is 126 cm³/mol. The summed E-state index contributed by atoms with van der Waals surface area (Å²) in [6.07, 6.45) is 1.79. The molecule has 2 heterocycles. The molecule has 4 nitrogen and oxygen atoms in total. The lowest BCUT2D eigenvalue weighted by Gasteiger charge is -2.16. The lowest BCUT2D eigenvalue weighted by Crippen LogP contribution is -2.01. The molecule has 0 atom stereocenters. The highest BCUT2D eigenvalue weighted by Gasteiger charge is 2.22. The molecular formula is C25H17Cl2N3O. The number of benzene rings is 3. The average Bonchev–Trinajstić information content (AvgIpc) is 3.23. The van der Waals surface area contributed by atoms with Gasteiger partial charge in [-0.05, 0) is 42.0 Å². The van der Waals surface area contributed by atoms with E-state index in [9.17, 15) is 0 Å². The minimum absolute atomic E-state index is 0.666. The molecule has 0 saturated heterocycles. The van der Waals surface area contributed by atoms with Crippen LogP contribution in [-0.2, 0) is 0 Å². The molecule has 5 rings (SSSR count). The molecule has 0 fully saturated rings. The van der Waals surface area contributed by atoms with E-state index < -0.39 is 0 Å². The van der Waals surface area contributed by atoms with Crippen LogP contribution in [0.25, 0.3) is 39.1 Å². The Labute approximate surface area is 189 Å². The maximum atomic E-state index is 6.14. The van der Waals surface area contributed by atoms with E-state index in [1.54, 1.807) is 13.3 Å². The first-order valence-electron chi connectivity index (χ1n) is 9.69. The molecule has 0 aliphatic carbocycles. The first-order valence-corrected chi connectivity index (χ1v) is 10.4. The lowest BCUT2D eigenvalue weighted by atomic mass is 9.97. The van der Waals surface area contributed by atoms with Crippen molar-refractivity contribution in [2.45, 2.75) is 0 Å². The average molecular weight is 446 g/mol. The number of ether oxygens (including phenoxy) is 1. The van der Waals surface area contributed by atoms with Gasteiger partial charge < -0.3 is 4.74 Å². The number of fused-ring (bicyclic) bond motifs is 1. The lowest BCUT2D eigenvalue weighted by molar-refractivity contribution is 0.421. The van der Waals surface area contributed by atoms with Gasteiger partial charge in [-0.3, -0.25) is 0 Å². The highest BCUT2D eigenvalue weighted by atomic mass is 35.5. The van der Waals surface area contributed by atoms with Crippen molar-refractivity contribution >= 4 is 34.2 Å². The largest absolute Gasteiger partial charge is 0.495 e. The monoisotopic (exact) mass is 445 g/mol. The van der Waals surface area contributed by atoms with Gasteiger partial charge in [-0.1, -0.05) is 65.7 Å². The van der Waals surface area contributed by atoms with Crippen LogP contribution in [-0.4, -0.2) is 21.9 Å². The number of halogens is 2. The van der Waals surface area contributed by atoms with Crippen LogP contribution in [0.15, 0.2) is 85.1 Å². The van der Waals surface area contributed by atoms with Gasteiger partial charge in [-0.15, -0.1) is 0 Å². The zero-order valence-corrected chi connectivity index (χ0v) is 18.1. The Morgan fingerprint density at radius 3 is 2.00 bits per heavy atom. The van der Waals surface area contributed by atoms with Gasteiger partial charge in [0.05, 0.1) is 35.6 Å². The van der Waals surface area contributed by atoms with Gasteiger partial charge in [-0.2, -0.15) is 5.10 Å². The van der Waals surface area contributed by atoms with E-state index in [1.807, 2.05) is 83.5 Å². The Morgan fingerprint density at radius 2 is 1.39 bits per heavy atom. The summed E-state index contributed by atoms with van der Waals surface area (Å²) in [5, 5.41) is 6.77. The van der Waals surface area contributed by atoms with Crippen LogP contribution in [0.5, 0.6) is 5.75 Å². The number of pyridine rings is 1. The van der Waals surface area contributed by atoms with Crippen LogP contribution in [0, 0.1) is 0 Å². The van der Waals surface area contributed by atoms with Crippen LogP contribution in [0.3, 0.4) is 0 Å². The van der Waals surface area contributed by atoms with Crippen molar-refractivity contribution in [2.24, 2.45) is 0 Å². The second kappa shape index (κ2) is 8.06. The second-order valence-electron chi connectivity index (χ2n) is 7.01. The van der Waals surface area contributed by atoms with Crippen LogP contribution in [0.2, 0.25) is 10.0 Å². The van der Waals surface area contributed by atoms with Gasteiger partial charge in [0, 0.05) is 15.6 Å². The number of hydrogen-bond acceptors (Lipinski definition) is 3. The van der Waals surface area contributed by atoms with E-state index in [1.165, 1.54) is 0 Å². The zero-order valence-electron chi connectivity index (χ0n) is 16.6. The van der Waals surface area contributed by atoms with Crippen LogP contribution in [0.1, 0.15) is 0 Å². The molecule has 0 radical (unpaired) electrons. The van der Waals surface area contributed by atoms with Crippen molar-refractivity contribution in [1.29, 1.82) is 0 Å². The molecule has 6 heteroatoms. The Kier molecular flexibility index (Phi) is 5.10. The van der Waals surface area contributed by atoms with Crippen molar-refractivity contribution in [3.63, 3.8) is 0 Å². The topological polar surface area (TPSA) is 39.9 Å². The third-order valence-electron chi connectivity index (χ3n) is 5.13. The van der Waals surface area contributed by atoms with E-state index in [2.05, 4.69) is 5.10 Å². The van der Waals surface area contributed by atoms with Gasteiger partial charge in [0.2, 0.25) is 0 Å². The van der Waals surface area contributed by atoms with Gasteiger partial charge >= 0.3 is 0 Å². The van der Waals surface area contributed by atoms with Gasteiger partial charge in [0.25, 0.3) is 0 Å². The molecule has 3 aromatic carbocycles. The zero-order chi connectivity index (χ0) is 21.4. The molecule has 0 saturated carbocycles. The minimum atomic E-state index is 0.666. The number of rotatable bonds is 4. The highest BCUT2D eigenvalue weighted by molar-refractivity contribution is 6.31. The van der Waals surface area contributed by atoms with Gasteiger partial charge in [0.15, 0.2) is 5.65 Å². The maximum absolute atomic E-state index is 6.14. The summed E-state index contributed by atoms with van der Waals surface area (Å²) in [6.45, 7) is 0. The van der Waals surface area contributed by atoms with Crippen molar-refractivity contribution in [1.82, 2.24) is 14.8 Å². The number of nitrogens with zero attached hydrogens (tertiary/aromatic N) is 3. The number of aromatic nitrogens is 3. The van der Waals surface area contributed by atoms with Crippen molar-refractivity contribution in [2.75, 3.05) is 7.11 Å². The fourth-order valence-electron chi connectivity index (χ4n) is 3.68. The Morgan fingerprint density at radius 1 is 0.774 bits per heavy atom. The Balaban J connectivity index is 1.86. The summed E-state index contributed by atoms with van der Waals surface area (Å²) in [6, 6.07) is 25.2. The fraction of sp³-hybridized carbons (Fsp3) is 0.0400. The quantitative estimate of drug-likeness (QED) is 0.296. The normalized spacial score (nSPS) is 11.1. The molecule has 0 aliphatic rings. The molecule has 0 amide bonds.